The minimum absolute atomic E-state index is 0.719. The monoisotopic (exact) mass is 794 g/mol. The lowest BCUT2D eigenvalue weighted by Crippen LogP contribution is -1.94. The number of hydrogen-bond donors (Lipinski definition) is 0. The SMILES string of the molecule is c1ccc(-c2cc(-c3ccccc3)cc(-c3ccc(-c4cccc(-c5cccc(-c6nc(-c7cccc(-c8ccccc8)c7)c7sc8ccccc8c7n6)c5)c4)cc3)c2)cc1. The molecule has 0 atom stereocenters. The van der Waals surface area contributed by atoms with Gasteiger partial charge in [-0.25, -0.2) is 9.97 Å². The quantitative estimate of drug-likeness (QED) is 0.153. The summed E-state index contributed by atoms with van der Waals surface area (Å²) in [4.78, 5) is 10.6. The van der Waals surface area contributed by atoms with Gasteiger partial charge in [-0.3, -0.25) is 0 Å². The fourth-order valence-electron chi connectivity index (χ4n) is 8.35. The molecule has 0 aliphatic heterocycles. The Hall–Kier alpha value is -7.72. The zero-order valence-corrected chi connectivity index (χ0v) is 34.1. The van der Waals surface area contributed by atoms with Crippen LogP contribution in [0.4, 0.5) is 0 Å². The van der Waals surface area contributed by atoms with E-state index in [1.54, 1.807) is 11.3 Å². The van der Waals surface area contributed by atoms with Crippen molar-refractivity contribution in [3.05, 3.63) is 231 Å². The summed E-state index contributed by atoms with van der Waals surface area (Å²) in [6, 6.07) is 82.4. The Balaban J connectivity index is 0.942. The van der Waals surface area contributed by atoms with Gasteiger partial charge in [-0.15, -0.1) is 11.3 Å². The van der Waals surface area contributed by atoms with Gasteiger partial charge in [-0.1, -0.05) is 188 Å². The van der Waals surface area contributed by atoms with E-state index in [1.807, 2.05) is 0 Å². The van der Waals surface area contributed by atoms with Crippen molar-refractivity contribution in [3.8, 4) is 89.4 Å². The second-order valence-electron chi connectivity index (χ2n) is 15.4. The molecule has 286 valence electrons. The van der Waals surface area contributed by atoms with Crippen LogP contribution in [0.1, 0.15) is 0 Å². The molecule has 2 aromatic heterocycles. The first kappa shape index (κ1) is 36.4. The molecule has 0 radical (unpaired) electrons. The number of thiophene rings is 1. The third-order valence-corrected chi connectivity index (χ3v) is 12.6. The Morgan fingerprint density at radius 2 is 0.623 bits per heavy atom. The smallest absolute Gasteiger partial charge is 0.160 e. The van der Waals surface area contributed by atoms with E-state index >= 15 is 0 Å². The molecule has 0 spiro atoms. The van der Waals surface area contributed by atoms with Gasteiger partial charge in [0.05, 0.1) is 15.9 Å². The third kappa shape index (κ3) is 7.22. The Bertz CT molecular complexity index is 3280. The minimum Gasteiger partial charge on any atom is -0.226 e. The van der Waals surface area contributed by atoms with E-state index in [4.69, 9.17) is 9.97 Å². The maximum Gasteiger partial charge on any atom is 0.160 e. The van der Waals surface area contributed by atoms with Gasteiger partial charge in [0.25, 0.3) is 0 Å². The van der Waals surface area contributed by atoms with Crippen molar-refractivity contribution in [1.82, 2.24) is 9.97 Å². The van der Waals surface area contributed by atoms with Crippen LogP contribution in [0.2, 0.25) is 0 Å². The molecule has 0 unspecified atom stereocenters. The predicted octanol–water partition coefficient (Wildman–Crippen LogP) is 16.2. The van der Waals surface area contributed by atoms with Gasteiger partial charge in [-0.2, -0.15) is 0 Å². The summed E-state index contributed by atoms with van der Waals surface area (Å²) < 4.78 is 2.31. The third-order valence-electron chi connectivity index (χ3n) is 11.5. The first-order valence-electron chi connectivity index (χ1n) is 20.6. The van der Waals surface area contributed by atoms with Crippen molar-refractivity contribution >= 4 is 31.6 Å². The van der Waals surface area contributed by atoms with Gasteiger partial charge in [0.1, 0.15) is 0 Å². The molecule has 11 aromatic rings. The average Bonchev–Trinajstić information content (AvgIpc) is 3.73. The fourth-order valence-corrected chi connectivity index (χ4v) is 9.51. The highest BCUT2D eigenvalue weighted by Gasteiger charge is 2.18. The van der Waals surface area contributed by atoms with E-state index in [0.29, 0.717) is 0 Å². The van der Waals surface area contributed by atoms with Crippen LogP contribution in [0.25, 0.3) is 110 Å². The normalized spacial score (nSPS) is 11.3. The summed E-state index contributed by atoms with van der Waals surface area (Å²) in [6.07, 6.45) is 0. The minimum atomic E-state index is 0.719. The van der Waals surface area contributed by atoms with Crippen LogP contribution in [0.5, 0.6) is 0 Å². The Kier molecular flexibility index (Phi) is 9.42. The lowest BCUT2D eigenvalue weighted by molar-refractivity contribution is 1.24. The predicted molar refractivity (Wildman–Crippen MR) is 258 cm³/mol. The molecular weight excluding hydrogens is 757 g/mol. The molecule has 9 aromatic carbocycles. The van der Waals surface area contributed by atoms with E-state index in [-0.39, 0.29) is 0 Å². The van der Waals surface area contributed by atoms with Crippen LogP contribution >= 0.6 is 11.3 Å². The Morgan fingerprint density at radius 3 is 1.18 bits per heavy atom. The first-order chi connectivity index (χ1) is 30.2. The molecule has 0 aliphatic carbocycles. The molecule has 0 fully saturated rings. The lowest BCUT2D eigenvalue weighted by atomic mass is 9.92. The molecule has 11 rings (SSSR count). The van der Waals surface area contributed by atoms with E-state index in [1.165, 1.54) is 60.3 Å². The van der Waals surface area contributed by atoms with Gasteiger partial charge < -0.3 is 0 Å². The van der Waals surface area contributed by atoms with Gasteiger partial charge in [0.15, 0.2) is 5.82 Å². The largest absolute Gasteiger partial charge is 0.226 e. The highest BCUT2D eigenvalue weighted by atomic mass is 32.1. The van der Waals surface area contributed by atoms with Gasteiger partial charge in [-0.05, 0) is 109 Å². The van der Waals surface area contributed by atoms with Crippen molar-refractivity contribution in [2.75, 3.05) is 0 Å². The van der Waals surface area contributed by atoms with E-state index in [2.05, 4.69) is 231 Å². The summed E-state index contributed by atoms with van der Waals surface area (Å²) >= 11 is 1.76. The average molecular weight is 795 g/mol. The number of rotatable bonds is 8. The zero-order chi connectivity index (χ0) is 40.5. The van der Waals surface area contributed by atoms with Crippen LogP contribution in [-0.4, -0.2) is 9.97 Å². The zero-order valence-electron chi connectivity index (χ0n) is 33.2. The van der Waals surface area contributed by atoms with Crippen LogP contribution in [0, 0.1) is 0 Å². The van der Waals surface area contributed by atoms with Crippen molar-refractivity contribution in [1.29, 1.82) is 0 Å². The lowest BCUT2D eigenvalue weighted by Gasteiger charge is -2.12. The van der Waals surface area contributed by atoms with Gasteiger partial charge in [0, 0.05) is 21.2 Å². The second-order valence-corrected chi connectivity index (χ2v) is 16.4. The molecular formula is C58H38N2S. The standard InChI is InChI=1S/C58H38N2S/c1-4-15-39(16-5-1)45-22-13-25-48(34-45)55-57-56(53-27-10-11-28-54(53)61-57)60-58(59-55)49-26-14-24-47(35-49)46-23-12-21-44(33-46)42-29-31-43(32-30-42)52-37-50(40-17-6-2-7-18-40)36-51(38-52)41-19-8-3-9-20-41/h1-38H. The molecule has 3 heteroatoms. The first-order valence-corrected chi connectivity index (χ1v) is 21.4. The topological polar surface area (TPSA) is 25.8 Å². The fraction of sp³-hybridized carbons (Fsp3) is 0. The number of aromatic nitrogens is 2. The summed E-state index contributed by atoms with van der Waals surface area (Å²) in [7, 11) is 0. The highest BCUT2D eigenvalue weighted by Crippen LogP contribution is 2.41. The van der Waals surface area contributed by atoms with Crippen molar-refractivity contribution in [2.45, 2.75) is 0 Å². The Labute approximate surface area is 359 Å². The van der Waals surface area contributed by atoms with Crippen molar-refractivity contribution < 1.29 is 0 Å². The molecule has 0 bridgehead atoms. The summed E-state index contributed by atoms with van der Waals surface area (Å²) in [5, 5.41) is 1.15. The van der Waals surface area contributed by atoms with E-state index in [0.717, 1.165) is 49.4 Å². The molecule has 0 aliphatic rings. The highest BCUT2D eigenvalue weighted by molar-refractivity contribution is 7.26. The molecule has 2 heterocycles. The van der Waals surface area contributed by atoms with Gasteiger partial charge in [0.2, 0.25) is 0 Å². The van der Waals surface area contributed by atoms with Crippen molar-refractivity contribution in [3.63, 3.8) is 0 Å². The molecule has 0 N–H and O–H groups in total. The van der Waals surface area contributed by atoms with Crippen LogP contribution < -0.4 is 0 Å². The maximum atomic E-state index is 5.35. The molecule has 0 saturated carbocycles. The molecule has 2 nitrogen and oxygen atoms in total. The van der Waals surface area contributed by atoms with Crippen LogP contribution in [0.15, 0.2) is 231 Å². The maximum absolute atomic E-state index is 5.35. The molecule has 0 amide bonds. The van der Waals surface area contributed by atoms with Gasteiger partial charge >= 0.3 is 0 Å². The number of fused-ring (bicyclic) bond motifs is 3. The van der Waals surface area contributed by atoms with E-state index in [9.17, 15) is 0 Å². The molecule has 61 heavy (non-hydrogen) atoms. The number of benzene rings is 9. The number of hydrogen-bond acceptors (Lipinski definition) is 3. The van der Waals surface area contributed by atoms with Crippen molar-refractivity contribution in [2.24, 2.45) is 0 Å². The van der Waals surface area contributed by atoms with Crippen LogP contribution in [-0.2, 0) is 0 Å². The number of nitrogens with zero attached hydrogens (tertiary/aromatic N) is 2. The second kappa shape index (κ2) is 15.8. The summed E-state index contributed by atoms with van der Waals surface area (Å²) in [5.41, 5.74) is 18.2. The molecule has 0 saturated heterocycles. The van der Waals surface area contributed by atoms with E-state index < -0.39 is 0 Å². The summed E-state index contributed by atoms with van der Waals surface area (Å²) in [5.74, 6) is 0.719. The summed E-state index contributed by atoms with van der Waals surface area (Å²) in [6.45, 7) is 0. The Morgan fingerprint density at radius 1 is 0.262 bits per heavy atom. The van der Waals surface area contributed by atoms with Crippen LogP contribution in [0.3, 0.4) is 0 Å².